The maximum Gasteiger partial charge on any atom is 0.123 e. The SMILES string of the molecule is Cl.Fc1ccc2c(c1)CCN2CC1CCCNC1. The first-order chi connectivity index (χ1) is 8.33. The molecule has 2 heterocycles. The minimum atomic E-state index is -0.107. The molecule has 2 aliphatic heterocycles. The van der Waals surface area contributed by atoms with E-state index in [0.717, 1.165) is 38.5 Å². The summed E-state index contributed by atoms with van der Waals surface area (Å²) < 4.78 is 13.1. The molecule has 1 atom stereocenters. The number of fused-ring (bicyclic) bond motifs is 1. The van der Waals surface area contributed by atoms with Crippen molar-refractivity contribution in [2.24, 2.45) is 5.92 Å². The average molecular weight is 271 g/mol. The lowest BCUT2D eigenvalue weighted by Gasteiger charge is -2.29. The summed E-state index contributed by atoms with van der Waals surface area (Å²) in [5, 5.41) is 3.46. The highest BCUT2D eigenvalue weighted by Crippen LogP contribution is 2.29. The number of hydrogen-bond acceptors (Lipinski definition) is 2. The van der Waals surface area contributed by atoms with Gasteiger partial charge >= 0.3 is 0 Å². The predicted octanol–water partition coefficient (Wildman–Crippen LogP) is 2.61. The van der Waals surface area contributed by atoms with Crippen molar-refractivity contribution in [3.05, 3.63) is 29.6 Å². The van der Waals surface area contributed by atoms with E-state index in [4.69, 9.17) is 0 Å². The van der Waals surface area contributed by atoms with Crippen LogP contribution in [0.25, 0.3) is 0 Å². The van der Waals surface area contributed by atoms with Gasteiger partial charge in [0.05, 0.1) is 0 Å². The lowest BCUT2D eigenvalue weighted by Crippen LogP contribution is -2.37. The van der Waals surface area contributed by atoms with Crippen LogP contribution in [0.4, 0.5) is 10.1 Å². The lowest BCUT2D eigenvalue weighted by atomic mass is 9.99. The Labute approximate surface area is 114 Å². The Morgan fingerprint density at radius 3 is 3.06 bits per heavy atom. The van der Waals surface area contributed by atoms with Crippen molar-refractivity contribution in [2.45, 2.75) is 19.3 Å². The molecule has 2 aliphatic rings. The van der Waals surface area contributed by atoms with Gasteiger partial charge in [0.25, 0.3) is 0 Å². The zero-order chi connectivity index (χ0) is 11.7. The fraction of sp³-hybridized carbons (Fsp3) is 0.571. The van der Waals surface area contributed by atoms with Crippen LogP contribution in [-0.2, 0) is 6.42 Å². The molecule has 1 N–H and O–H groups in total. The molecule has 0 amide bonds. The van der Waals surface area contributed by atoms with Gasteiger partial charge in [-0.2, -0.15) is 0 Å². The van der Waals surface area contributed by atoms with Crippen LogP contribution in [0.1, 0.15) is 18.4 Å². The Morgan fingerprint density at radius 2 is 2.28 bits per heavy atom. The van der Waals surface area contributed by atoms with E-state index in [2.05, 4.69) is 10.2 Å². The average Bonchev–Trinajstić information content (AvgIpc) is 2.73. The van der Waals surface area contributed by atoms with Crippen LogP contribution in [0.2, 0.25) is 0 Å². The van der Waals surface area contributed by atoms with E-state index >= 15 is 0 Å². The highest BCUT2D eigenvalue weighted by Gasteiger charge is 2.23. The van der Waals surface area contributed by atoms with Gasteiger partial charge in [0.1, 0.15) is 5.82 Å². The van der Waals surface area contributed by atoms with E-state index in [-0.39, 0.29) is 18.2 Å². The molecule has 3 rings (SSSR count). The van der Waals surface area contributed by atoms with Gasteiger partial charge in [-0.05, 0) is 62.0 Å². The molecule has 0 aromatic heterocycles. The van der Waals surface area contributed by atoms with Crippen molar-refractivity contribution in [1.82, 2.24) is 5.32 Å². The van der Waals surface area contributed by atoms with Crippen molar-refractivity contribution in [2.75, 3.05) is 31.1 Å². The molecule has 0 spiro atoms. The molecule has 18 heavy (non-hydrogen) atoms. The second kappa shape index (κ2) is 5.89. The third-order valence-corrected chi connectivity index (χ3v) is 3.91. The summed E-state index contributed by atoms with van der Waals surface area (Å²) in [7, 11) is 0. The quantitative estimate of drug-likeness (QED) is 0.889. The zero-order valence-electron chi connectivity index (χ0n) is 10.5. The van der Waals surface area contributed by atoms with Gasteiger partial charge in [-0.3, -0.25) is 0 Å². The van der Waals surface area contributed by atoms with Crippen molar-refractivity contribution in [3.63, 3.8) is 0 Å². The molecule has 4 heteroatoms. The Hall–Kier alpha value is -0.800. The van der Waals surface area contributed by atoms with E-state index in [1.54, 1.807) is 12.1 Å². The van der Waals surface area contributed by atoms with Crippen molar-refractivity contribution < 1.29 is 4.39 Å². The Morgan fingerprint density at radius 1 is 1.39 bits per heavy atom. The fourth-order valence-electron chi connectivity index (χ4n) is 3.02. The molecular formula is C14H20ClFN2. The second-order valence-corrected chi connectivity index (χ2v) is 5.18. The van der Waals surface area contributed by atoms with Gasteiger partial charge < -0.3 is 10.2 Å². The number of nitrogens with zero attached hydrogens (tertiary/aromatic N) is 1. The van der Waals surface area contributed by atoms with Crippen molar-refractivity contribution in [1.29, 1.82) is 0 Å². The first-order valence-corrected chi connectivity index (χ1v) is 6.57. The zero-order valence-corrected chi connectivity index (χ0v) is 11.3. The molecule has 0 saturated carbocycles. The normalized spacial score (nSPS) is 22.5. The molecule has 1 aromatic rings. The van der Waals surface area contributed by atoms with E-state index in [9.17, 15) is 4.39 Å². The lowest BCUT2D eigenvalue weighted by molar-refractivity contribution is 0.378. The molecule has 0 bridgehead atoms. The number of benzene rings is 1. The van der Waals surface area contributed by atoms with Crippen molar-refractivity contribution in [3.8, 4) is 0 Å². The standard InChI is InChI=1S/C14H19FN2.ClH/c15-13-3-4-14-12(8-13)5-7-17(14)10-11-2-1-6-16-9-11;/h3-4,8,11,16H,1-2,5-7,9-10H2;1H. The number of anilines is 1. The first kappa shape index (κ1) is 13.6. The summed E-state index contributed by atoms with van der Waals surface area (Å²) >= 11 is 0. The topological polar surface area (TPSA) is 15.3 Å². The molecule has 2 nitrogen and oxygen atoms in total. The third-order valence-electron chi connectivity index (χ3n) is 3.91. The number of nitrogens with one attached hydrogen (secondary N) is 1. The molecule has 0 radical (unpaired) electrons. The summed E-state index contributed by atoms with van der Waals surface area (Å²) in [6.45, 7) is 4.46. The molecule has 0 aliphatic carbocycles. The van der Waals surface area contributed by atoms with E-state index in [1.165, 1.54) is 24.1 Å². The maximum absolute atomic E-state index is 13.1. The van der Waals surface area contributed by atoms with E-state index < -0.39 is 0 Å². The van der Waals surface area contributed by atoms with Gasteiger partial charge in [0.15, 0.2) is 0 Å². The number of hydrogen-bond donors (Lipinski definition) is 1. The van der Waals surface area contributed by atoms with Crippen LogP contribution in [0, 0.1) is 11.7 Å². The smallest absolute Gasteiger partial charge is 0.123 e. The van der Waals surface area contributed by atoms with Crippen LogP contribution in [0.3, 0.4) is 0 Å². The predicted molar refractivity (Wildman–Crippen MR) is 75.2 cm³/mol. The van der Waals surface area contributed by atoms with Gasteiger partial charge in [-0.1, -0.05) is 0 Å². The van der Waals surface area contributed by atoms with Crippen LogP contribution in [0.15, 0.2) is 18.2 Å². The van der Waals surface area contributed by atoms with Gasteiger partial charge in [-0.25, -0.2) is 4.39 Å². The van der Waals surface area contributed by atoms with Gasteiger partial charge in [0.2, 0.25) is 0 Å². The van der Waals surface area contributed by atoms with E-state index in [1.807, 2.05) is 6.07 Å². The number of piperidine rings is 1. The fourth-order valence-corrected chi connectivity index (χ4v) is 3.02. The molecule has 100 valence electrons. The molecule has 1 fully saturated rings. The van der Waals surface area contributed by atoms with E-state index in [0.29, 0.717) is 0 Å². The van der Waals surface area contributed by atoms with Gasteiger partial charge in [-0.15, -0.1) is 12.4 Å². The Balaban J connectivity index is 0.00000120. The van der Waals surface area contributed by atoms with Crippen LogP contribution < -0.4 is 10.2 Å². The largest absolute Gasteiger partial charge is 0.371 e. The Kier molecular flexibility index (Phi) is 4.46. The monoisotopic (exact) mass is 270 g/mol. The van der Waals surface area contributed by atoms with Crippen LogP contribution >= 0.6 is 12.4 Å². The van der Waals surface area contributed by atoms with Crippen LogP contribution in [-0.4, -0.2) is 26.2 Å². The summed E-state index contributed by atoms with van der Waals surface area (Å²) in [6, 6.07) is 5.21. The highest BCUT2D eigenvalue weighted by molar-refractivity contribution is 5.85. The highest BCUT2D eigenvalue weighted by atomic mass is 35.5. The third kappa shape index (κ3) is 2.78. The second-order valence-electron chi connectivity index (χ2n) is 5.18. The molecule has 1 saturated heterocycles. The number of rotatable bonds is 2. The number of halogens is 2. The van der Waals surface area contributed by atoms with Gasteiger partial charge in [0, 0.05) is 18.8 Å². The first-order valence-electron chi connectivity index (χ1n) is 6.57. The molecular weight excluding hydrogens is 251 g/mol. The summed E-state index contributed by atoms with van der Waals surface area (Å²) in [5.74, 6) is 0.643. The maximum atomic E-state index is 13.1. The molecule has 1 unspecified atom stereocenters. The van der Waals surface area contributed by atoms with Crippen molar-refractivity contribution >= 4 is 18.1 Å². The summed E-state index contributed by atoms with van der Waals surface area (Å²) in [6.07, 6.45) is 3.60. The Bertz CT molecular complexity index is 405. The van der Waals surface area contributed by atoms with Crippen LogP contribution in [0.5, 0.6) is 0 Å². The molecule has 1 aromatic carbocycles. The summed E-state index contributed by atoms with van der Waals surface area (Å²) in [5.41, 5.74) is 2.42. The minimum absolute atomic E-state index is 0. The minimum Gasteiger partial charge on any atom is -0.371 e. The summed E-state index contributed by atoms with van der Waals surface area (Å²) in [4.78, 5) is 2.42.